The summed E-state index contributed by atoms with van der Waals surface area (Å²) in [5, 5.41) is 8.88. The van der Waals surface area contributed by atoms with Gasteiger partial charge < -0.3 is 0 Å². The van der Waals surface area contributed by atoms with Crippen molar-refractivity contribution in [2.45, 2.75) is 11.1 Å². The molecule has 0 spiro atoms. The first-order valence-corrected chi connectivity index (χ1v) is 7.46. The van der Waals surface area contributed by atoms with Crippen molar-refractivity contribution >= 4 is 26.0 Å². The van der Waals surface area contributed by atoms with Crippen molar-refractivity contribution < 1.29 is 8.42 Å². The summed E-state index contributed by atoms with van der Waals surface area (Å²) >= 11 is 3.22. The fraction of sp³-hybridized carbons (Fsp3) is 0.300. The van der Waals surface area contributed by atoms with Crippen LogP contribution in [0.15, 0.2) is 33.6 Å². The second-order valence-electron chi connectivity index (χ2n) is 3.82. The number of nitriles is 1. The Kier molecular flexibility index (Phi) is 3.99. The second-order valence-corrected chi connectivity index (χ2v) is 6.45. The van der Waals surface area contributed by atoms with Crippen molar-refractivity contribution in [1.82, 2.24) is 15.6 Å². The van der Waals surface area contributed by atoms with Gasteiger partial charge in [-0.3, -0.25) is 5.43 Å². The van der Waals surface area contributed by atoms with Gasteiger partial charge in [-0.2, -0.15) is 9.98 Å². The predicted octanol–water partition coefficient (Wildman–Crippen LogP) is 0.301. The van der Waals surface area contributed by atoms with E-state index in [1.807, 2.05) is 6.07 Å². The van der Waals surface area contributed by atoms with Crippen LogP contribution in [0.2, 0.25) is 0 Å². The SMILES string of the molecule is N#CC1CNNC1NS(=O)(=O)c1cccc(Br)c1. The molecule has 0 aromatic heterocycles. The summed E-state index contributed by atoms with van der Waals surface area (Å²) in [4.78, 5) is 0.155. The topological polar surface area (TPSA) is 94.0 Å². The Hall–Kier alpha value is -0.980. The molecular formula is C10H11BrN4O2S. The highest BCUT2D eigenvalue weighted by Gasteiger charge is 2.30. The third kappa shape index (κ3) is 2.88. The highest BCUT2D eigenvalue weighted by atomic mass is 79.9. The smallest absolute Gasteiger partial charge is 0.242 e. The van der Waals surface area contributed by atoms with Gasteiger partial charge in [0, 0.05) is 11.0 Å². The Morgan fingerprint density at radius 2 is 2.28 bits per heavy atom. The van der Waals surface area contributed by atoms with E-state index in [1.165, 1.54) is 12.1 Å². The maximum atomic E-state index is 12.1. The first-order chi connectivity index (χ1) is 8.53. The standard InChI is InChI=1S/C10H11BrN4O2S/c11-8-2-1-3-9(4-8)18(16,17)15-10-7(5-12)6-13-14-10/h1-4,7,10,13-15H,6H2. The molecule has 1 aliphatic rings. The van der Waals surface area contributed by atoms with Gasteiger partial charge in [0.2, 0.25) is 10.0 Å². The van der Waals surface area contributed by atoms with E-state index >= 15 is 0 Å². The zero-order chi connectivity index (χ0) is 13.2. The summed E-state index contributed by atoms with van der Waals surface area (Å²) in [7, 11) is -3.64. The van der Waals surface area contributed by atoms with E-state index < -0.39 is 22.1 Å². The van der Waals surface area contributed by atoms with E-state index in [4.69, 9.17) is 5.26 Å². The van der Waals surface area contributed by atoms with Gasteiger partial charge in [0.1, 0.15) is 6.17 Å². The molecule has 1 fully saturated rings. The number of hydrazine groups is 1. The van der Waals surface area contributed by atoms with Crippen molar-refractivity contribution in [3.8, 4) is 6.07 Å². The quantitative estimate of drug-likeness (QED) is 0.741. The minimum absolute atomic E-state index is 0.155. The Morgan fingerprint density at radius 3 is 2.94 bits per heavy atom. The number of nitrogens with zero attached hydrogens (tertiary/aromatic N) is 1. The lowest BCUT2D eigenvalue weighted by atomic mass is 10.1. The fourth-order valence-corrected chi connectivity index (χ4v) is 3.38. The zero-order valence-electron chi connectivity index (χ0n) is 9.22. The molecule has 1 aliphatic heterocycles. The molecule has 1 aromatic carbocycles. The van der Waals surface area contributed by atoms with Gasteiger partial charge in [-0.05, 0) is 18.2 Å². The van der Waals surface area contributed by atoms with Crippen molar-refractivity contribution in [2.24, 2.45) is 5.92 Å². The van der Waals surface area contributed by atoms with Crippen LogP contribution in [0.5, 0.6) is 0 Å². The van der Waals surface area contributed by atoms with Gasteiger partial charge in [-0.1, -0.05) is 22.0 Å². The van der Waals surface area contributed by atoms with Crippen LogP contribution in [0.25, 0.3) is 0 Å². The summed E-state index contributed by atoms with van der Waals surface area (Å²) in [5.41, 5.74) is 5.47. The van der Waals surface area contributed by atoms with Crippen LogP contribution in [0, 0.1) is 17.2 Å². The molecule has 0 aliphatic carbocycles. The zero-order valence-corrected chi connectivity index (χ0v) is 11.6. The third-order valence-corrected chi connectivity index (χ3v) is 4.47. The van der Waals surface area contributed by atoms with Crippen LogP contribution < -0.4 is 15.6 Å². The van der Waals surface area contributed by atoms with E-state index in [1.54, 1.807) is 12.1 Å². The number of hydrogen-bond donors (Lipinski definition) is 3. The Morgan fingerprint density at radius 1 is 1.50 bits per heavy atom. The van der Waals surface area contributed by atoms with Gasteiger partial charge >= 0.3 is 0 Å². The van der Waals surface area contributed by atoms with Crippen LogP contribution in [-0.2, 0) is 10.0 Å². The largest absolute Gasteiger partial charge is 0.255 e. The number of benzene rings is 1. The molecule has 18 heavy (non-hydrogen) atoms. The molecule has 96 valence electrons. The monoisotopic (exact) mass is 330 g/mol. The van der Waals surface area contributed by atoms with Crippen molar-refractivity contribution in [1.29, 1.82) is 5.26 Å². The summed E-state index contributed by atoms with van der Waals surface area (Å²) in [5.74, 6) is -0.438. The van der Waals surface area contributed by atoms with Crippen LogP contribution in [0.1, 0.15) is 0 Å². The lowest BCUT2D eigenvalue weighted by Crippen LogP contribution is -2.46. The molecule has 2 unspecified atom stereocenters. The van der Waals surface area contributed by atoms with Gasteiger partial charge in [0.15, 0.2) is 0 Å². The van der Waals surface area contributed by atoms with Gasteiger partial charge in [0.05, 0.1) is 16.9 Å². The second kappa shape index (κ2) is 5.34. The maximum Gasteiger partial charge on any atom is 0.242 e. The highest BCUT2D eigenvalue weighted by molar-refractivity contribution is 9.10. The molecule has 0 radical (unpaired) electrons. The van der Waals surface area contributed by atoms with Crippen molar-refractivity contribution in [3.05, 3.63) is 28.7 Å². The van der Waals surface area contributed by atoms with Gasteiger partial charge in [0.25, 0.3) is 0 Å². The lowest BCUT2D eigenvalue weighted by molar-refractivity contribution is 0.477. The fourth-order valence-electron chi connectivity index (χ4n) is 1.60. The average Bonchev–Trinajstić information content (AvgIpc) is 2.75. The van der Waals surface area contributed by atoms with E-state index in [-0.39, 0.29) is 4.90 Å². The predicted molar refractivity (Wildman–Crippen MR) is 68.5 cm³/mol. The molecule has 1 saturated heterocycles. The summed E-state index contributed by atoms with van der Waals surface area (Å²) in [6.07, 6.45) is -0.626. The van der Waals surface area contributed by atoms with Gasteiger partial charge in [-0.25, -0.2) is 13.8 Å². The Bertz CT molecular complexity index is 584. The highest BCUT2D eigenvalue weighted by Crippen LogP contribution is 2.17. The molecule has 0 saturated carbocycles. The van der Waals surface area contributed by atoms with E-state index in [2.05, 4.69) is 31.5 Å². The number of hydrogen-bond acceptors (Lipinski definition) is 5. The summed E-state index contributed by atoms with van der Waals surface area (Å²) in [6, 6.07) is 8.42. The molecule has 1 heterocycles. The Labute approximate surface area is 114 Å². The number of nitrogens with one attached hydrogen (secondary N) is 3. The molecule has 2 rings (SSSR count). The van der Waals surface area contributed by atoms with Crippen LogP contribution in [0.3, 0.4) is 0 Å². The average molecular weight is 331 g/mol. The molecule has 6 nitrogen and oxygen atoms in total. The molecule has 2 atom stereocenters. The number of rotatable bonds is 3. The van der Waals surface area contributed by atoms with E-state index in [9.17, 15) is 8.42 Å². The molecule has 1 aromatic rings. The summed E-state index contributed by atoms with van der Waals surface area (Å²) < 4.78 is 27.3. The van der Waals surface area contributed by atoms with E-state index in [0.717, 1.165) is 0 Å². The molecule has 3 N–H and O–H groups in total. The lowest BCUT2D eigenvalue weighted by Gasteiger charge is -2.15. The number of halogens is 1. The normalized spacial score (nSPS) is 23.8. The van der Waals surface area contributed by atoms with Crippen molar-refractivity contribution in [2.75, 3.05) is 6.54 Å². The van der Waals surface area contributed by atoms with Crippen LogP contribution in [0.4, 0.5) is 0 Å². The molecule has 8 heteroatoms. The third-order valence-electron chi connectivity index (χ3n) is 2.54. The minimum Gasteiger partial charge on any atom is -0.255 e. The molecular weight excluding hydrogens is 320 g/mol. The van der Waals surface area contributed by atoms with Crippen LogP contribution >= 0.6 is 15.9 Å². The first-order valence-electron chi connectivity index (χ1n) is 5.19. The van der Waals surface area contributed by atoms with Crippen LogP contribution in [-0.4, -0.2) is 21.1 Å². The molecule has 0 bridgehead atoms. The molecule has 0 amide bonds. The van der Waals surface area contributed by atoms with E-state index in [0.29, 0.717) is 11.0 Å². The summed E-state index contributed by atoms with van der Waals surface area (Å²) in [6.45, 7) is 0.405. The maximum absolute atomic E-state index is 12.1. The van der Waals surface area contributed by atoms with Gasteiger partial charge in [-0.15, -0.1) is 0 Å². The Balaban J connectivity index is 2.20. The van der Waals surface area contributed by atoms with Crippen molar-refractivity contribution in [3.63, 3.8) is 0 Å². The first kappa shape index (κ1) is 13.5. The number of sulfonamides is 1. The minimum atomic E-state index is -3.64.